The van der Waals surface area contributed by atoms with Crippen LogP contribution < -0.4 is 15.2 Å². The number of halogens is 4. The first-order chi connectivity index (χ1) is 11.0. The van der Waals surface area contributed by atoms with Gasteiger partial charge >= 0.3 is 6.18 Å². The zero-order valence-electron chi connectivity index (χ0n) is 12.9. The molecule has 2 rings (SSSR count). The van der Waals surface area contributed by atoms with Gasteiger partial charge < -0.3 is 15.2 Å². The Morgan fingerprint density at radius 1 is 0.875 bits per heavy atom. The van der Waals surface area contributed by atoms with E-state index in [2.05, 4.69) is 0 Å². The van der Waals surface area contributed by atoms with Gasteiger partial charge in [0.2, 0.25) is 0 Å². The Bertz CT molecular complexity index is 618. The predicted octanol–water partition coefficient (Wildman–Crippen LogP) is 4.43. The summed E-state index contributed by atoms with van der Waals surface area (Å²) >= 11 is 0. The van der Waals surface area contributed by atoms with Crippen molar-refractivity contribution in [1.82, 2.24) is 0 Å². The van der Waals surface area contributed by atoms with Crippen LogP contribution in [-0.4, -0.2) is 13.2 Å². The van der Waals surface area contributed by atoms with Crippen LogP contribution in [0, 0.1) is 0 Å². The fraction of sp³-hybridized carbons (Fsp3) is 0.294. The van der Waals surface area contributed by atoms with E-state index in [4.69, 9.17) is 15.2 Å². The molecule has 0 saturated heterocycles. The molecule has 0 amide bonds. The predicted molar refractivity (Wildman–Crippen MR) is 88.6 cm³/mol. The lowest BCUT2D eigenvalue weighted by Gasteiger charge is -2.13. The van der Waals surface area contributed by atoms with Gasteiger partial charge in [0, 0.05) is 5.56 Å². The van der Waals surface area contributed by atoms with Gasteiger partial charge in [0.25, 0.3) is 0 Å². The summed E-state index contributed by atoms with van der Waals surface area (Å²) in [6.45, 7) is 0.929. The summed E-state index contributed by atoms with van der Waals surface area (Å²) < 4.78 is 49.6. The number of rotatable bonds is 7. The average molecular weight is 362 g/mol. The van der Waals surface area contributed by atoms with E-state index in [9.17, 15) is 13.2 Å². The first-order valence-corrected chi connectivity index (χ1v) is 7.21. The summed E-state index contributed by atoms with van der Waals surface area (Å²) in [5.74, 6) is 1.15. The van der Waals surface area contributed by atoms with Crippen molar-refractivity contribution >= 4 is 12.4 Å². The molecule has 0 spiro atoms. The van der Waals surface area contributed by atoms with Gasteiger partial charge in [-0.25, -0.2) is 0 Å². The highest BCUT2D eigenvalue weighted by atomic mass is 35.5. The lowest BCUT2D eigenvalue weighted by Crippen LogP contribution is -2.10. The van der Waals surface area contributed by atoms with Crippen LogP contribution in [0.15, 0.2) is 48.5 Å². The fourth-order valence-corrected chi connectivity index (χ4v) is 1.99. The van der Waals surface area contributed by atoms with Crippen molar-refractivity contribution < 1.29 is 22.6 Å². The van der Waals surface area contributed by atoms with Gasteiger partial charge in [0.15, 0.2) is 0 Å². The smallest absolute Gasteiger partial charge is 0.416 e. The quantitative estimate of drug-likeness (QED) is 0.742. The Hall–Kier alpha value is -1.92. The molecule has 0 unspecified atom stereocenters. The number of hydrogen-bond donors (Lipinski definition) is 1. The van der Waals surface area contributed by atoms with Gasteiger partial charge in [-0.1, -0.05) is 18.2 Å². The Morgan fingerprint density at radius 3 is 2.04 bits per heavy atom. The second kappa shape index (κ2) is 9.39. The Kier molecular flexibility index (Phi) is 7.88. The van der Waals surface area contributed by atoms with Gasteiger partial charge in [-0.3, -0.25) is 0 Å². The highest BCUT2D eigenvalue weighted by Crippen LogP contribution is 2.32. The average Bonchev–Trinajstić information content (AvgIpc) is 2.54. The van der Waals surface area contributed by atoms with E-state index in [1.165, 1.54) is 12.1 Å². The molecular weight excluding hydrogens is 343 g/mol. The van der Waals surface area contributed by atoms with Gasteiger partial charge in [0.1, 0.15) is 18.1 Å². The number of nitrogens with two attached hydrogens (primary N) is 1. The standard InChI is InChI=1S/C17H18F3NO2.ClH/c18-17(19,20)16-5-2-1-4-13(16)12-23-15-8-6-14(7-9-15)22-11-3-10-21;/h1-2,4-9H,3,10-12,21H2;1H. The maximum absolute atomic E-state index is 12.9. The van der Waals surface area contributed by atoms with Crippen molar-refractivity contribution in [2.45, 2.75) is 19.2 Å². The van der Waals surface area contributed by atoms with Gasteiger partial charge in [-0.05, 0) is 43.3 Å². The third kappa shape index (κ3) is 5.94. The van der Waals surface area contributed by atoms with E-state index in [-0.39, 0.29) is 24.6 Å². The molecule has 3 nitrogen and oxygen atoms in total. The van der Waals surface area contributed by atoms with Gasteiger partial charge in [0.05, 0.1) is 12.2 Å². The molecule has 2 aromatic rings. The second-order valence-corrected chi connectivity index (χ2v) is 4.91. The van der Waals surface area contributed by atoms with Crippen LogP contribution in [0.25, 0.3) is 0 Å². The fourth-order valence-electron chi connectivity index (χ4n) is 1.99. The largest absolute Gasteiger partial charge is 0.494 e. The molecule has 0 aliphatic rings. The van der Waals surface area contributed by atoms with Crippen LogP contribution >= 0.6 is 12.4 Å². The molecule has 0 radical (unpaired) electrons. The Balaban J connectivity index is 0.00000288. The maximum Gasteiger partial charge on any atom is 0.416 e. The number of benzene rings is 2. The van der Waals surface area contributed by atoms with Crippen molar-refractivity contribution in [3.63, 3.8) is 0 Å². The van der Waals surface area contributed by atoms with E-state index >= 15 is 0 Å². The van der Waals surface area contributed by atoms with E-state index in [0.29, 0.717) is 24.7 Å². The molecule has 2 N–H and O–H groups in total. The first-order valence-electron chi connectivity index (χ1n) is 7.21. The minimum atomic E-state index is -4.39. The van der Waals surface area contributed by atoms with Crippen LogP contribution in [0.2, 0.25) is 0 Å². The monoisotopic (exact) mass is 361 g/mol. The summed E-state index contributed by atoms with van der Waals surface area (Å²) in [4.78, 5) is 0. The van der Waals surface area contributed by atoms with Crippen LogP contribution in [-0.2, 0) is 12.8 Å². The van der Waals surface area contributed by atoms with E-state index < -0.39 is 11.7 Å². The molecule has 7 heteroatoms. The molecule has 0 atom stereocenters. The summed E-state index contributed by atoms with van der Waals surface area (Å²) in [6, 6.07) is 12.1. The number of hydrogen-bond acceptors (Lipinski definition) is 3. The topological polar surface area (TPSA) is 44.5 Å². The number of alkyl halides is 3. The minimum absolute atomic E-state index is 0. The molecule has 0 fully saturated rings. The van der Waals surface area contributed by atoms with Crippen molar-refractivity contribution in [3.8, 4) is 11.5 Å². The van der Waals surface area contributed by atoms with E-state index in [1.54, 1.807) is 30.3 Å². The molecule has 0 aliphatic carbocycles. The summed E-state index contributed by atoms with van der Waals surface area (Å²) in [6.07, 6.45) is -3.63. The summed E-state index contributed by atoms with van der Waals surface area (Å²) in [7, 11) is 0. The normalized spacial score (nSPS) is 10.8. The van der Waals surface area contributed by atoms with Crippen LogP contribution in [0.4, 0.5) is 13.2 Å². The molecular formula is C17H19ClF3NO2. The third-order valence-electron chi connectivity index (χ3n) is 3.16. The zero-order chi connectivity index (χ0) is 16.7. The molecule has 0 bridgehead atoms. The lowest BCUT2D eigenvalue weighted by atomic mass is 10.1. The summed E-state index contributed by atoms with van der Waals surface area (Å²) in [5, 5.41) is 0. The van der Waals surface area contributed by atoms with Crippen molar-refractivity contribution in [1.29, 1.82) is 0 Å². The zero-order valence-corrected chi connectivity index (χ0v) is 13.7. The van der Waals surface area contributed by atoms with E-state index in [0.717, 1.165) is 12.5 Å². The second-order valence-electron chi connectivity index (χ2n) is 4.91. The molecule has 132 valence electrons. The highest BCUT2D eigenvalue weighted by molar-refractivity contribution is 5.85. The third-order valence-corrected chi connectivity index (χ3v) is 3.16. The lowest BCUT2D eigenvalue weighted by molar-refractivity contribution is -0.138. The molecule has 0 saturated carbocycles. The molecule has 0 heterocycles. The molecule has 2 aromatic carbocycles. The van der Waals surface area contributed by atoms with Crippen molar-refractivity contribution in [2.24, 2.45) is 5.73 Å². The van der Waals surface area contributed by atoms with Crippen LogP contribution in [0.1, 0.15) is 17.5 Å². The van der Waals surface area contributed by atoms with Crippen molar-refractivity contribution in [3.05, 3.63) is 59.7 Å². The Labute approximate surface area is 145 Å². The maximum atomic E-state index is 12.9. The Morgan fingerprint density at radius 2 is 1.46 bits per heavy atom. The van der Waals surface area contributed by atoms with E-state index in [1.807, 2.05) is 0 Å². The highest BCUT2D eigenvalue weighted by Gasteiger charge is 2.32. The molecule has 24 heavy (non-hydrogen) atoms. The molecule has 0 aliphatic heterocycles. The van der Waals surface area contributed by atoms with Crippen LogP contribution in [0.3, 0.4) is 0 Å². The summed E-state index contributed by atoms with van der Waals surface area (Å²) in [5.41, 5.74) is 4.80. The van der Waals surface area contributed by atoms with Crippen LogP contribution in [0.5, 0.6) is 11.5 Å². The van der Waals surface area contributed by atoms with Gasteiger partial charge in [-0.15, -0.1) is 12.4 Å². The first kappa shape index (κ1) is 20.1. The number of ether oxygens (including phenoxy) is 2. The van der Waals surface area contributed by atoms with Crippen molar-refractivity contribution in [2.75, 3.05) is 13.2 Å². The van der Waals surface area contributed by atoms with Gasteiger partial charge in [-0.2, -0.15) is 13.2 Å². The molecule has 0 aromatic heterocycles. The minimum Gasteiger partial charge on any atom is -0.494 e. The SMILES string of the molecule is Cl.NCCCOc1ccc(OCc2ccccc2C(F)(F)F)cc1.